The van der Waals surface area contributed by atoms with Gasteiger partial charge in [-0.3, -0.25) is 4.79 Å². The van der Waals surface area contributed by atoms with Gasteiger partial charge < -0.3 is 9.47 Å². The highest BCUT2D eigenvalue weighted by atomic mass is 16.5. The molecule has 3 nitrogen and oxygen atoms in total. The summed E-state index contributed by atoms with van der Waals surface area (Å²) in [7, 11) is 1.67. The zero-order chi connectivity index (χ0) is 13.2. The van der Waals surface area contributed by atoms with Crippen LogP contribution in [-0.4, -0.2) is 19.0 Å². The summed E-state index contributed by atoms with van der Waals surface area (Å²) in [6.07, 6.45) is 6.45. The van der Waals surface area contributed by atoms with Crippen molar-refractivity contribution in [3.05, 3.63) is 23.8 Å². The Morgan fingerprint density at radius 2 is 1.84 bits per heavy atom. The number of rotatable bonds is 4. The molecule has 3 heteroatoms. The third kappa shape index (κ3) is 2.60. The number of carbonyl (C=O) groups excluding carboxylic acids is 1. The number of carbonyl (C=O) groups is 1. The van der Waals surface area contributed by atoms with Gasteiger partial charge in [0.15, 0.2) is 11.5 Å². The maximum absolute atomic E-state index is 11.1. The van der Waals surface area contributed by atoms with Gasteiger partial charge in [0.05, 0.1) is 13.2 Å². The number of ketones is 1. The topological polar surface area (TPSA) is 35.5 Å². The molecule has 0 radical (unpaired) electrons. The first-order valence-corrected chi connectivity index (χ1v) is 7.12. The Kier molecular flexibility index (Phi) is 3.45. The molecule has 3 rings (SSSR count). The highest BCUT2D eigenvalue weighted by Crippen LogP contribution is 2.39. The lowest BCUT2D eigenvalue weighted by atomic mass is 9.79. The van der Waals surface area contributed by atoms with Crippen LogP contribution >= 0.6 is 0 Å². The fourth-order valence-corrected chi connectivity index (χ4v) is 2.95. The predicted molar refractivity (Wildman–Crippen MR) is 72.9 cm³/mol. The minimum atomic E-state index is 0.326. The maximum atomic E-state index is 11.1. The number of hydrogen-bond acceptors (Lipinski definition) is 3. The van der Waals surface area contributed by atoms with Crippen LogP contribution in [0.1, 0.15) is 50.0 Å². The molecular weight excluding hydrogens is 240 g/mol. The van der Waals surface area contributed by atoms with Crippen molar-refractivity contribution in [1.29, 1.82) is 0 Å². The van der Waals surface area contributed by atoms with E-state index in [2.05, 4.69) is 12.1 Å². The summed E-state index contributed by atoms with van der Waals surface area (Å²) in [6.45, 7) is 0. The summed E-state index contributed by atoms with van der Waals surface area (Å²) < 4.78 is 11.4. The van der Waals surface area contributed by atoms with Crippen LogP contribution in [0, 0.1) is 0 Å². The van der Waals surface area contributed by atoms with Gasteiger partial charge in [-0.05, 0) is 49.3 Å². The molecule has 0 heterocycles. The monoisotopic (exact) mass is 260 g/mol. The fourth-order valence-electron chi connectivity index (χ4n) is 2.95. The molecular formula is C16H20O3. The average Bonchev–Trinajstić information content (AvgIpc) is 2.88. The van der Waals surface area contributed by atoms with Gasteiger partial charge >= 0.3 is 0 Å². The van der Waals surface area contributed by atoms with E-state index in [4.69, 9.17) is 9.47 Å². The smallest absolute Gasteiger partial charge is 0.161 e. The Balaban J connectivity index is 1.78. The van der Waals surface area contributed by atoms with E-state index < -0.39 is 0 Å². The Morgan fingerprint density at radius 3 is 2.47 bits per heavy atom. The molecule has 102 valence electrons. The normalized spacial score (nSPS) is 20.4. The predicted octanol–water partition coefficient (Wildman–Crippen LogP) is 3.46. The first-order chi connectivity index (χ1) is 9.26. The molecule has 2 saturated carbocycles. The summed E-state index contributed by atoms with van der Waals surface area (Å²) >= 11 is 0. The molecule has 2 aliphatic carbocycles. The minimum Gasteiger partial charge on any atom is -0.493 e. The zero-order valence-electron chi connectivity index (χ0n) is 11.4. The molecule has 1 aromatic carbocycles. The Bertz CT molecular complexity index is 467. The second-order valence-corrected chi connectivity index (χ2v) is 5.58. The van der Waals surface area contributed by atoms with E-state index in [0.29, 0.717) is 30.6 Å². The second-order valence-electron chi connectivity index (χ2n) is 5.58. The van der Waals surface area contributed by atoms with Crippen LogP contribution in [0.3, 0.4) is 0 Å². The molecule has 2 aliphatic rings. The molecule has 19 heavy (non-hydrogen) atoms. The quantitative estimate of drug-likeness (QED) is 0.831. The van der Waals surface area contributed by atoms with Gasteiger partial charge in [-0.2, -0.15) is 0 Å². The number of hydrogen-bond donors (Lipinski definition) is 0. The molecule has 0 amide bonds. The van der Waals surface area contributed by atoms with Crippen molar-refractivity contribution in [2.45, 2.75) is 50.5 Å². The minimum absolute atomic E-state index is 0.326. The molecule has 0 bridgehead atoms. The summed E-state index contributed by atoms with van der Waals surface area (Å²) in [5.74, 6) is 2.37. The van der Waals surface area contributed by atoms with Gasteiger partial charge in [0.1, 0.15) is 5.78 Å². The van der Waals surface area contributed by atoms with Crippen LogP contribution in [0.25, 0.3) is 0 Å². The molecule has 0 N–H and O–H groups in total. The van der Waals surface area contributed by atoms with Crippen molar-refractivity contribution in [3.8, 4) is 11.5 Å². The van der Waals surface area contributed by atoms with E-state index in [0.717, 1.165) is 24.3 Å². The first-order valence-electron chi connectivity index (χ1n) is 7.12. The molecule has 0 aromatic heterocycles. The van der Waals surface area contributed by atoms with Gasteiger partial charge in [0, 0.05) is 12.8 Å². The van der Waals surface area contributed by atoms with Crippen molar-refractivity contribution >= 4 is 5.78 Å². The van der Waals surface area contributed by atoms with Crippen molar-refractivity contribution in [2.24, 2.45) is 0 Å². The molecule has 0 saturated heterocycles. The van der Waals surface area contributed by atoms with Gasteiger partial charge in [-0.25, -0.2) is 0 Å². The third-order valence-corrected chi connectivity index (χ3v) is 4.20. The first kappa shape index (κ1) is 12.5. The highest BCUT2D eigenvalue weighted by Gasteiger charge is 2.29. The maximum Gasteiger partial charge on any atom is 0.161 e. The molecule has 0 aliphatic heterocycles. The fraction of sp³-hybridized carbons (Fsp3) is 0.562. The summed E-state index contributed by atoms with van der Waals surface area (Å²) in [5, 5.41) is 0. The number of benzene rings is 1. The van der Waals surface area contributed by atoms with Crippen LogP contribution in [0.5, 0.6) is 11.5 Å². The van der Waals surface area contributed by atoms with Crippen molar-refractivity contribution < 1.29 is 14.3 Å². The summed E-state index contributed by atoms with van der Waals surface area (Å²) in [6, 6.07) is 6.08. The Labute approximate surface area is 113 Å². The van der Waals surface area contributed by atoms with Gasteiger partial charge in [-0.1, -0.05) is 6.07 Å². The van der Waals surface area contributed by atoms with E-state index >= 15 is 0 Å². The second kappa shape index (κ2) is 5.24. The van der Waals surface area contributed by atoms with E-state index in [1.807, 2.05) is 6.07 Å². The van der Waals surface area contributed by atoms with Crippen LogP contribution in [0.4, 0.5) is 0 Å². The molecule has 0 atom stereocenters. The zero-order valence-corrected chi connectivity index (χ0v) is 11.4. The van der Waals surface area contributed by atoms with Crippen LogP contribution in [0.2, 0.25) is 0 Å². The summed E-state index contributed by atoms with van der Waals surface area (Å²) in [4.78, 5) is 11.1. The van der Waals surface area contributed by atoms with Gasteiger partial charge in [0.2, 0.25) is 0 Å². The lowest BCUT2D eigenvalue weighted by Crippen LogP contribution is -2.21. The average molecular weight is 260 g/mol. The van der Waals surface area contributed by atoms with Crippen molar-refractivity contribution in [3.63, 3.8) is 0 Å². The Morgan fingerprint density at radius 1 is 1.11 bits per heavy atom. The molecule has 2 fully saturated rings. The van der Waals surface area contributed by atoms with E-state index in [9.17, 15) is 4.79 Å². The third-order valence-electron chi connectivity index (χ3n) is 4.20. The number of methoxy groups -OCH3 is 1. The number of Topliss-reactive ketones (excluding diaryl/α,β-unsaturated/α-hetero) is 1. The molecule has 0 unspecified atom stereocenters. The lowest BCUT2D eigenvalue weighted by molar-refractivity contribution is -0.124. The summed E-state index contributed by atoms with van der Waals surface area (Å²) in [5.41, 5.74) is 1.20. The SMILES string of the molecule is COc1ccc(C2CC(=O)C2)cc1OC1CCCC1. The largest absolute Gasteiger partial charge is 0.493 e. The van der Waals surface area contributed by atoms with Crippen LogP contribution < -0.4 is 9.47 Å². The highest BCUT2D eigenvalue weighted by molar-refractivity contribution is 5.86. The Hall–Kier alpha value is -1.51. The van der Waals surface area contributed by atoms with Crippen molar-refractivity contribution in [1.82, 2.24) is 0 Å². The van der Waals surface area contributed by atoms with E-state index in [1.54, 1.807) is 7.11 Å². The van der Waals surface area contributed by atoms with Gasteiger partial charge in [0.25, 0.3) is 0 Å². The molecule has 0 spiro atoms. The molecule has 1 aromatic rings. The lowest BCUT2D eigenvalue weighted by Gasteiger charge is -2.25. The number of ether oxygens (including phenoxy) is 2. The van der Waals surface area contributed by atoms with Gasteiger partial charge in [-0.15, -0.1) is 0 Å². The van der Waals surface area contributed by atoms with E-state index in [-0.39, 0.29) is 0 Å². The standard InChI is InChI=1S/C16H20O3/c1-18-15-7-6-11(12-8-13(17)9-12)10-16(15)19-14-4-2-3-5-14/h6-7,10,12,14H,2-5,8-9H2,1H3. The van der Waals surface area contributed by atoms with Crippen LogP contribution in [0.15, 0.2) is 18.2 Å². The van der Waals surface area contributed by atoms with Crippen LogP contribution in [-0.2, 0) is 4.79 Å². The van der Waals surface area contributed by atoms with E-state index in [1.165, 1.54) is 18.4 Å². The van der Waals surface area contributed by atoms with Crippen molar-refractivity contribution in [2.75, 3.05) is 7.11 Å².